The molecule has 8 nitrogen and oxygen atoms in total. The number of ether oxygens (including phenoxy) is 2. The Kier molecular flexibility index (Phi) is 5.53. The molecule has 0 spiro atoms. The molecule has 1 rings (SSSR count). The Morgan fingerprint density at radius 3 is 2.48 bits per heavy atom. The zero-order valence-electron chi connectivity index (χ0n) is 11.9. The van der Waals surface area contributed by atoms with Crippen molar-refractivity contribution in [2.75, 3.05) is 33.1 Å². The van der Waals surface area contributed by atoms with E-state index < -0.39 is 18.0 Å². The molecule has 0 saturated carbocycles. The van der Waals surface area contributed by atoms with Gasteiger partial charge in [0, 0.05) is 7.05 Å². The standard InChI is InChI=1S/C13H16N2O6/c1-15(7-11(16)21-3)13(19)14-9-6-8(12(17)18)4-5-10(9)20-2/h4-6H,7H2,1-3H3,(H,14,19)(H,17,18). The Morgan fingerprint density at radius 1 is 1.29 bits per heavy atom. The third kappa shape index (κ3) is 4.37. The van der Waals surface area contributed by atoms with Crippen LogP contribution in [-0.2, 0) is 9.53 Å². The van der Waals surface area contributed by atoms with E-state index in [4.69, 9.17) is 9.84 Å². The van der Waals surface area contributed by atoms with E-state index in [1.165, 1.54) is 39.5 Å². The number of nitrogens with one attached hydrogen (secondary N) is 1. The van der Waals surface area contributed by atoms with Crippen LogP contribution >= 0.6 is 0 Å². The molecule has 0 fully saturated rings. The van der Waals surface area contributed by atoms with Crippen LogP contribution in [0.4, 0.5) is 10.5 Å². The summed E-state index contributed by atoms with van der Waals surface area (Å²) in [4.78, 5) is 35.0. The maximum atomic E-state index is 11.9. The summed E-state index contributed by atoms with van der Waals surface area (Å²) < 4.78 is 9.50. The number of carbonyl (C=O) groups is 3. The number of hydrogen-bond acceptors (Lipinski definition) is 5. The van der Waals surface area contributed by atoms with Gasteiger partial charge in [-0.25, -0.2) is 9.59 Å². The predicted octanol–water partition coefficient (Wildman–Crippen LogP) is 1.03. The van der Waals surface area contributed by atoms with Crippen molar-refractivity contribution in [2.45, 2.75) is 0 Å². The molecule has 0 aliphatic carbocycles. The molecule has 8 heteroatoms. The highest BCUT2D eigenvalue weighted by molar-refractivity contribution is 5.95. The predicted molar refractivity (Wildman–Crippen MR) is 73.6 cm³/mol. The fourth-order valence-electron chi connectivity index (χ4n) is 1.48. The number of likely N-dealkylation sites (N-methyl/N-ethyl adjacent to an activating group) is 1. The summed E-state index contributed by atoms with van der Waals surface area (Å²) in [5.74, 6) is -1.39. The molecule has 0 saturated heterocycles. The molecule has 21 heavy (non-hydrogen) atoms. The van der Waals surface area contributed by atoms with Crippen LogP contribution in [0.3, 0.4) is 0 Å². The van der Waals surface area contributed by atoms with E-state index in [2.05, 4.69) is 10.1 Å². The van der Waals surface area contributed by atoms with Crippen molar-refractivity contribution in [3.63, 3.8) is 0 Å². The second-order valence-corrected chi connectivity index (χ2v) is 4.08. The average molecular weight is 296 g/mol. The monoisotopic (exact) mass is 296 g/mol. The van der Waals surface area contributed by atoms with Crippen molar-refractivity contribution >= 4 is 23.7 Å². The topological polar surface area (TPSA) is 105 Å². The number of carboxylic acids is 1. The Hall–Kier alpha value is -2.77. The van der Waals surface area contributed by atoms with Crippen molar-refractivity contribution in [1.82, 2.24) is 4.90 Å². The molecule has 2 amide bonds. The first kappa shape index (κ1) is 16.3. The number of carbonyl (C=O) groups excluding carboxylic acids is 2. The van der Waals surface area contributed by atoms with Gasteiger partial charge in [-0.2, -0.15) is 0 Å². The number of urea groups is 1. The van der Waals surface area contributed by atoms with Gasteiger partial charge in [-0.15, -0.1) is 0 Å². The van der Waals surface area contributed by atoms with Gasteiger partial charge in [0.15, 0.2) is 0 Å². The number of hydrogen-bond donors (Lipinski definition) is 2. The summed E-state index contributed by atoms with van der Waals surface area (Å²) >= 11 is 0. The van der Waals surface area contributed by atoms with E-state index in [9.17, 15) is 14.4 Å². The first-order chi connectivity index (χ1) is 9.88. The molecule has 1 aromatic rings. The van der Waals surface area contributed by atoms with Gasteiger partial charge in [0.05, 0.1) is 25.5 Å². The molecule has 0 aromatic heterocycles. The number of carboxylic acid groups (broad SMARTS) is 1. The van der Waals surface area contributed by atoms with E-state index in [-0.39, 0.29) is 17.8 Å². The lowest BCUT2D eigenvalue weighted by Gasteiger charge is -2.18. The first-order valence-electron chi connectivity index (χ1n) is 5.89. The van der Waals surface area contributed by atoms with Crippen molar-refractivity contribution in [2.24, 2.45) is 0 Å². The highest BCUT2D eigenvalue weighted by Gasteiger charge is 2.16. The van der Waals surface area contributed by atoms with Gasteiger partial charge < -0.3 is 24.8 Å². The fraction of sp³-hybridized carbons (Fsp3) is 0.308. The first-order valence-corrected chi connectivity index (χ1v) is 5.89. The van der Waals surface area contributed by atoms with Crippen molar-refractivity contribution in [3.8, 4) is 5.75 Å². The van der Waals surface area contributed by atoms with Crippen LogP contribution in [0.15, 0.2) is 18.2 Å². The smallest absolute Gasteiger partial charge is 0.335 e. The SMILES string of the molecule is COC(=O)CN(C)C(=O)Nc1cc(C(=O)O)ccc1OC. The molecule has 0 atom stereocenters. The van der Waals surface area contributed by atoms with Crippen LogP contribution in [0.25, 0.3) is 0 Å². The molecular formula is C13H16N2O6. The summed E-state index contributed by atoms with van der Waals surface area (Å²) in [6.07, 6.45) is 0. The minimum atomic E-state index is -1.13. The number of esters is 1. The third-order valence-electron chi connectivity index (χ3n) is 2.63. The van der Waals surface area contributed by atoms with Gasteiger partial charge in [0.2, 0.25) is 0 Å². The van der Waals surface area contributed by atoms with Crippen molar-refractivity contribution < 1.29 is 29.0 Å². The molecule has 0 unspecified atom stereocenters. The average Bonchev–Trinajstić information content (AvgIpc) is 2.46. The highest BCUT2D eigenvalue weighted by Crippen LogP contribution is 2.25. The third-order valence-corrected chi connectivity index (χ3v) is 2.63. The van der Waals surface area contributed by atoms with Gasteiger partial charge in [-0.3, -0.25) is 4.79 Å². The van der Waals surface area contributed by atoms with Crippen LogP contribution in [0.5, 0.6) is 5.75 Å². The van der Waals surface area contributed by atoms with E-state index in [0.717, 1.165) is 4.90 Å². The highest BCUT2D eigenvalue weighted by atomic mass is 16.5. The van der Waals surface area contributed by atoms with E-state index in [1.807, 2.05) is 0 Å². The molecule has 0 radical (unpaired) electrons. The maximum absolute atomic E-state index is 11.9. The number of nitrogens with zero attached hydrogens (tertiary/aromatic N) is 1. The molecule has 0 aliphatic heterocycles. The quantitative estimate of drug-likeness (QED) is 0.786. The summed E-state index contributed by atoms with van der Waals surface area (Å²) in [5.41, 5.74) is 0.195. The molecule has 0 heterocycles. The summed E-state index contributed by atoms with van der Waals surface area (Å²) in [5, 5.41) is 11.4. The number of benzene rings is 1. The van der Waals surface area contributed by atoms with Gasteiger partial charge in [0.25, 0.3) is 0 Å². The fourth-order valence-corrected chi connectivity index (χ4v) is 1.48. The van der Waals surface area contributed by atoms with Crippen molar-refractivity contribution in [3.05, 3.63) is 23.8 Å². The lowest BCUT2D eigenvalue weighted by atomic mass is 10.2. The second kappa shape index (κ2) is 7.13. The molecule has 0 aliphatic rings. The van der Waals surface area contributed by atoms with Crippen LogP contribution in [0.2, 0.25) is 0 Å². The Bertz CT molecular complexity index is 558. The Morgan fingerprint density at radius 2 is 1.95 bits per heavy atom. The maximum Gasteiger partial charge on any atom is 0.335 e. The van der Waals surface area contributed by atoms with Crippen LogP contribution in [0.1, 0.15) is 10.4 Å². The van der Waals surface area contributed by atoms with Gasteiger partial charge in [0.1, 0.15) is 12.3 Å². The number of amides is 2. The van der Waals surface area contributed by atoms with E-state index in [1.54, 1.807) is 0 Å². The summed E-state index contributed by atoms with van der Waals surface area (Å²) in [6, 6.07) is 3.46. The molecule has 0 bridgehead atoms. The number of anilines is 1. The van der Waals surface area contributed by atoms with Crippen LogP contribution in [-0.4, -0.2) is 55.8 Å². The van der Waals surface area contributed by atoms with Crippen LogP contribution < -0.4 is 10.1 Å². The largest absolute Gasteiger partial charge is 0.495 e. The lowest BCUT2D eigenvalue weighted by molar-refractivity contribution is -0.140. The molecule has 1 aromatic carbocycles. The number of methoxy groups -OCH3 is 2. The molecule has 114 valence electrons. The minimum absolute atomic E-state index is 0.00159. The lowest BCUT2D eigenvalue weighted by Crippen LogP contribution is -2.36. The zero-order valence-corrected chi connectivity index (χ0v) is 11.9. The Balaban J connectivity index is 2.90. The summed E-state index contributed by atoms with van der Waals surface area (Å²) in [6.45, 7) is -0.233. The normalized spacial score (nSPS) is 9.67. The molecule has 2 N–H and O–H groups in total. The van der Waals surface area contributed by atoms with Gasteiger partial charge >= 0.3 is 18.0 Å². The van der Waals surface area contributed by atoms with Crippen LogP contribution in [0, 0.1) is 0 Å². The van der Waals surface area contributed by atoms with Crippen molar-refractivity contribution in [1.29, 1.82) is 0 Å². The van der Waals surface area contributed by atoms with E-state index >= 15 is 0 Å². The number of aromatic carboxylic acids is 1. The van der Waals surface area contributed by atoms with Gasteiger partial charge in [-0.05, 0) is 18.2 Å². The zero-order chi connectivity index (χ0) is 16.0. The van der Waals surface area contributed by atoms with E-state index in [0.29, 0.717) is 5.75 Å². The molecular weight excluding hydrogens is 280 g/mol. The number of rotatable bonds is 5. The van der Waals surface area contributed by atoms with Gasteiger partial charge in [-0.1, -0.05) is 0 Å². The minimum Gasteiger partial charge on any atom is -0.495 e. The summed E-state index contributed by atoms with van der Waals surface area (Å²) in [7, 11) is 4.01. The second-order valence-electron chi connectivity index (χ2n) is 4.08. The Labute approximate surface area is 121 Å².